The molecule has 2 saturated carbocycles. The lowest BCUT2D eigenvalue weighted by atomic mass is 10.0. The number of rotatable bonds is 7. The van der Waals surface area contributed by atoms with Gasteiger partial charge in [0.2, 0.25) is 11.8 Å². The first-order valence-corrected chi connectivity index (χ1v) is 11.8. The second kappa shape index (κ2) is 9.23. The number of hydrogen-bond donors (Lipinski definition) is 2. The Morgan fingerprint density at radius 2 is 1.97 bits per heavy atom. The maximum atomic E-state index is 12.7. The molecular formula is C24H34N6O4. The van der Waals surface area contributed by atoms with Crippen LogP contribution in [0.5, 0.6) is 5.88 Å². The lowest BCUT2D eigenvalue weighted by Gasteiger charge is -2.22. The standard InChI is InChI=1S/C24H34N6O4/c1-23(2,3)30-19(27-20(31)11-16-13-26-21(33-5)14-25-16)12-18(29-30)15-6-7-17(10-15)34-22(32)28-24(4)8-9-24/h12-15,17H,6-11H2,1-5H3,(H,27,31)(H,28,32)/t15-,17?/m0/s1. The average molecular weight is 471 g/mol. The normalized spacial score (nSPS) is 21.1. The monoisotopic (exact) mass is 470 g/mol. The molecule has 0 aromatic carbocycles. The molecule has 2 heterocycles. The van der Waals surface area contributed by atoms with E-state index in [9.17, 15) is 9.59 Å². The van der Waals surface area contributed by atoms with Crippen LogP contribution in [0.2, 0.25) is 0 Å². The molecule has 0 spiro atoms. The summed E-state index contributed by atoms with van der Waals surface area (Å²) in [5, 5.41) is 10.8. The lowest BCUT2D eigenvalue weighted by molar-refractivity contribution is -0.115. The van der Waals surface area contributed by atoms with Gasteiger partial charge in [0, 0.05) is 17.5 Å². The van der Waals surface area contributed by atoms with E-state index >= 15 is 0 Å². The number of methoxy groups -OCH3 is 1. The van der Waals surface area contributed by atoms with E-state index in [-0.39, 0.29) is 41.5 Å². The second-order valence-electron chi connectivity index (χ2n) is 10.5. The molecule has 0 radical (unpaired) electrons. The molecule has 2 aliphatic carbocycles. The fraction of sp³-hybridized carbons (Fsp3) is 0.625. The first kappa shape index (κ1) is 24.0. The molecule has 10 heteroatoms. The molecule has 0 bridgehead atoms. The molecule has 2 aromatic heterocycles. The van der Waals surface area contributed by atoms with Crippen molar-refractivity contribution in [2.75, 3.05) is 12.4 Å². The third-order valence-corrected chi connectivity index (χ3v) is 6.34. The minimum atomic E-state index is -0.333. The number of hydrogen-bond acceptors (Lipinski definition) is 7. The van der Waals surface area contributed by atoms with Gasteiger partial charge >= 0.3 is 6.09 Å². The molecule has 2 atom stereocenters. The Labute approximate surface area is 199 Å². The van der Waals surface area contributed by atoms with Gasteiger partial charge in [-0.2, -0.15) is 5.10 Å². The molecule has 10 nitrogen and oxygen atoms in total. The predicted octanol–water partition coefficient (Wildman–Crippen LogP) is 3.53. The maximum absolute atomic E-state index is 12.7. The predicted molar refractivity (Wildman–Crippen MR) is 126 cm³/mol. The number of carbonyl (C=O) groups excluding carboxylic acids is 2. The molecule has 2 amide bonds. The molecule has 2 fully saturated rings. The number of nitrogens with one attached hydrogen (secondary N) is 2. The van der Waals surface area contributed by atoms with Gasteiger partial charge in [-0.3, -0.25) is 9.78 Å². The SMILES string of the molecule is COc1cnc(CC(=O)Nc2cc([C@H]3CCC(OC(=O)NC4(C)CC4)C3)nn2C(C)(C)C)cn1. The van der Waals surface area contributed by atoms with Crippen LogP contribution >= 0.6 is 0 Å². The molecule has 0 aliphatic heterocycles. The molecular weight excluding hydrogens is 436 g/mol. The first-order chi connectivity index (χ1) is 16.0. The highest BCUT2D eigenvalue weighted by molar-refractivity contribution is 5.91. The van der Waals surface area contributed by atoms with Crippen molar-refractivity contribution in [2.45, 2.75) is 89.3 Å². The molecule has 2 aromatic rings. The van der Waals surface area contributed by atoms with Crippen LogP contribution in [0.25, 0.3) is 0 Å². The van der Waals surface area contributed by atoms with Crippen molar-refractivity contribution >= 4 is 17.8 Å². The zero-order valence-electron chi connectivity index (χ0n) is 20.6. The maximum Gasteiger partial charge on any atom is 0.407 e. The summed E-state index contributed by atoms with van der Waals surface area (Å²) in [4.78, 5) is 33.2. The smallest absolute Gasteiger partial charge is 0.407 e. The van der Waals surface area contributed by atoms with E-state index in [2.05, 4.69) is 20.6 Å². The summed E-state index contributed by atoms with van der Waals surface area (Å²) in [5.74, 6) is 1.01. The third kappa shape index (κ3) is 5.84. The largest absolute Gasteiger partial charge is 0.480 e. The molecule has 184 valence electrons. The van der Waals surface area contributed by atoms with Crippen LogP contribution in [-0.2, 0) is 21.5 Å². The van der Waals surface area contributed by atoms with E-state index < -0.39 is 0 Å². The third-order valence-electron chi connectivity index (χ3n) is 6.34. The van der Waals surface area contributed by atoms with Crippen molar-refractivity contribution in [3.05, 3.63) is 29.8 Å². The quantitative estimate of drug-likeness (QED) is 0.635. The fourth-order valence-corrected chi connectivity index (χ4v) is 4.15. The molecule has 2 aliphatic rings. The Bertz CT molecular complexity index is 1040. The number of ether oxygens (including phenoxy) is 2. The number of anilines is 1. The zero-order valence-corrected chi connectivity index (χ0v) is 20.6. The van der Waals surface area contributed by atoms with Gasteiger partial charge in [-0.1, -0.05) is 0 Å². The van der Waals surface area contributed by atoms with Crippen molar-refractivity contribution in [3.8, 4) is 5.88 Å². The van der Waals surface area contributed by atoms with E-state index in [4.69, 9.17) is 14.6 Å². The Balaban J connectivity index is 1.40. The van der Waals surface area contributed by atoms with Crippen LogP contribution in [0.1, 0.15) is 77.1 Å². The van der Waals surface area contributed by atoms with Crippen molar-refractivity contribution in [1.29, 1.82) is 0 Å². The van der Waals surface area contributed by atoms with E-state index in [1.54, 1.807) is 0 Å². The number of alkyl carbamates (subject to hydrolysis) is 1. The Hall–Kier alpha value is -3.17. The Morgan fingerprint density at radius 3 is 2.59 bits per heavy atom. The summed E-state index contributed by atoms with van der Waals surface area (Å²) in [6.07, 6.45) is 7.06. The van der Waals surface area contributed by atoms with Gasteiger partial charge in [0.1, 0.15) is 11.9 Å². The molecule has 2 N–H and O–H groups in total. The molecule has 34 heavy (non-hydrogen) atoms. The van der Waals surface area contributed by atoms with Crippen molar-refractivity contribution in [2.24, 2.45) is 0 Å². The number of amides is 2. The van der Waals surface area contributed by atoms with Crippen LogP contribution in [0.3, 0.4) is 0 Å². The number of carbonyl (C=O) groups is 2. The molecule has 0 saturated heterocycles. The second-order valence-corrected chi connectivity index (χ2v) is 10.5. The van der Waals surface area contributed by atoms with Crippen molar-refractivity contribution in [3.63, 3.8) is 0 Å². The van der Waals surface area contributed by atoms with Gasteiger partial charge in [0.25, 0.3) is 0 Å². The van der Waals surface area contributed by atoms with Crippen LogP contribution in [-0.4, -0.2) is 50.5 Å². The van der Waals surface area contributed by atoms with Gasteiger partial charge in [-0.05, 0) is 59.8 Å². The minimum Gasteiger partial charge on any atom is -0.480 e. The van der Waals surface area contributed by atoms with Gasteiger partial charge in [-0.25, -0.2) is 14.5 Å². The van der Waals surface area contributed by atoms with Crippen LogP contribution in [0.15, 0.2) is 18.5 Å². The Morgan fingerprint density at radius 1 is 1.21 bits per heavy atom. The van der Waals surface area contributed by atoms with Gasteiger partial charge in [-0.15, -0.1) is 0 Å². The van der Waals surface area contributed by atoms with E-state index in [0.29, 0.717) is 17.4 Å². The summed E-state index contributed by atoms with van der Waals surface area (Å²) >= 11 is 0. The highest BCUT2D eigenvalue weighted by atomic mass is 16.6. The van der Waals surface area contributed by atoms with E-state index in [1.165, 1.54) is 19.5 Å². The number of nitrogens with zero attached hydrogens (tertiary/aromatic N) is 4. The zero-order chi connectivity index (χ0) is 24.5. The summed E-state index contributed by atoms with van der Waals surface area (Å²) in [7, 11) is 1.52. The summed E-state index contributed by atoms with van der Waals surface area (Å²) in [5.41, 5.74) is 1.03. The van der Waals surface area contributed by atoms with Gasteiger partial charge in [0.05, 0.1) is 42.9 Å². The van der Waals surface area contributed by atoms with Gasteiger partial charge in [0.15, 0.2) is 0 Å². The topological polar surface area (TPSA) is 120 Å². The van der Waals surface area contributed by atoms with Crippen LogP contribution in [0, 0.1) is 0 Å². The average Bonchev–Trinajstić information content (AvgIpc) is 3.14. The van der Waals surface area contributed by atoms with Crippen molar-refractivity contribution in [1.82, 2.24) is 25.1 Å². The van der Waals surface area contributed by atoms with Gasteiger partial charge < -0.3 is 20.1 Å². The first-order valence-electron chi connectivity index (χ1n) is 11.8. The summed E-state index contributed by atoms with van der Waals surface area (Å²) < 4.78 is 12.5. The van der Waals surface area contributed by atoms with Crippen LogP contribution < -0.4 is 15.4 Å². The Kier molecular flexibility index (Phi) is 6.51. The molecule has 4 rings (SSSR count). The van der Waals surface area contributed by atoms with E-state index in [1.807, 2.05) is 38.4 Å². The fourth-order valence-electron chi connectivity index (χ4n) is 4.15. The lowest BCUT2D eigenvalue weighted by Crippen LogP contribution is -2.36. The van der Waals surface area contributed by atoms with Crippen LogP contribution in [0.4, 0.5) is 10.6 Å². The summed E-state index contributed by atoms with van der Waals surface area (Å²) in [6.45, 7) is 8.15. The van der Waals surface area contributed by atoms with Crippen molar-refractivity contribution < 1.29 is 19.1 Å². The molecule has 1 unspecified atom stereocenters. The highest BCUT2D eigenvalue weighted by Gasteiger charge is 2.40. The number of aromatic nitrogens is 4. The van der Waals surface area contributed by atoms with E-state index in [0.717, 1.165) is 37.8 Å². The highest BCUT2D eigenvalue weighted by Crippen LogP contribution is 2.38. The minimum absolute atomic E-state index is 0.0922. The summed E-state index contributed by atoms with van der Waals surface area (Å²) in [6, 6.07) is 1.93.